The average molecular weight is 676 g/mol. The molecule has 0 spiro atoms. The van der Waals surface area contributed by atoms with E-state index in [0.29, 0.717) is 24.3 Å². The minimum Gasteiger partial charge on any atom is -0.467 e. The maximum atomic E-state index is 13.0. The molecule has 0 fully saturated rings. The molecule has 1 atom stereocenters. The fraction of sp³-hybridized carbons (Fsp3) is 0.462. The van der Waals surface area contributed by atoms with Gasteiger partial charge in [-0.1, -0.05) is 76.6 Å². The molecule has 0 bridgehead atoms. The van der Waals surface area contributed by atoms with Crippen LogP contribution in [-0.2, 0) is 38.0 Å². The van der Waals surface area contributed by atoms with Crippen LogP contribution in [0.5, 0.6) is 11.5 Å². The van der Waals surface area contributed by atoms with Crippen LogP contribution < -0.4 is 9.47 Å². The number of rotatable bonds is 18. The second-order valence-electron chi connectivity index (χ2n) is 13.7. The Balaban J connectivity index is 1.73. The Morgan fingerprint density at radius 2 is 1.56 bits per heavy atom. The summed E-state index contributed by atoms with van der Waals surface area (Å²) in [5.74, 6) is 1.14. The van der Waals surface area contributed by atoms with Crippen LogP contribution in [0.15, 0.2) is 72.9 Å². The van der Waals surface area contributed by atoms with E-state index < -0.39 is 8.32 Å². The van der Waals surface area contributed by atoms with Crippen molar-refractivity contribution in [2.24, 2.45) is 0 Å². The first-order valence-electron chi connectivity index (χ1n) is 16.8. The zero-order valence-electron chi connectivity index (χ0n) is 30.0. The molecule has 0 aliphatic heterocycles. The van der Waals surface area contributed by atoms with Crippen molar-refractivity contribution in [1.29, 1.82) is 0 Å². The highest BCUT2D eigenvalue weighted by Gasteiger charge is 2.39. The van der Waals surface area contributed by atoms with Crippen LogP contribution in [0.3, 0.4) is 0 Å². The van der Waals surface area contributed by atoms with E-state index in [2.05, 4.69) is 81.9 Å². The number of hydrogen-bond donors (Lipinski definition) is 0. The summed E-state index contributed by atoms with van der Waals surface area (Å²) in [6, 6.07) is 21.6. The van der Waals surface area contributed by atoms with Crippen molar-refractivity contribution in [3.63, 3.8) is 0 Å². The van der Waals surface area contributed by atoms with Crippen molar-refractivity contribution < 1.29 is 32.9 Å². The van der Waals surface area contributed by atoms with Gasteiger partial charge < -0.3 is 32.7 Å². The van der Waals surface area contributed by atoms with Gasteiger partial charge in [0.2, 0.25) is 0 Å². The fourth-order valence-corrected chi connectivity index (χ4v) is 6.85. The summed E-state index contributed by atoms with van der Waals surface area (Å²) in [5.41, 5.74) is 4.77. The molecule has 0 aliphatic carbocycles. The molecule has 4 rings (SSSR count). The summed E-state index contributed by atoms with van der Waals surface area (Å²) in [5, 5.41) is 1.11. The summed E-state index contributed by atoms with van der Waals surface area (Å²) < 4.78 is 38.0. The van der Waals surface area contributed by atoms with E-state index in [1.165, 1.54) is 0 Å². The van der Waals surface area contributed by atoms with E-state index in [-0.39, 0.29) is 37.3 Å². The molecule has 9 heteroatoms. The van der Waals surface area contributed by atoms with Gasteiger partial charge in [-0.3, -0.25) is 0 Å². The number of nitrogens with zero attached hydrogens (tertiary/aromatic N) is 1. The van der Waals surface area contributed by atoms with Crippen LogP contribution in [0.4, 0.5) is 0 Å². The normalized spacial score (nSPS) is 12.7. The molecule has 0 unspecified atom stereocenters. The van der Waals surface area contributed by atoms with Gasteiger partial charge >= 0.3 is 5.97 Å². The monoisotopic (exact) mass is 675 g/mol. The van der Waals surface area contributed by atoms with Gasteiger partial charge in [-0.05, 0) is 66.4 Å². The van der Waals surface area contributed by atoms with Crippen molar-refractivity contribution in [3.8, 4) is 11.5 Å². The molecule has 0 saturated heterocycles. The lowest BCUT2D eigenvalue weighted by Crippen LogP contribution is -2.45. The molecule has 0 N–H and O–H groups in total. The van der Waals surface area contributed by atoms with Crippen LogP contribution >= 0.6 is 0 Å². The first-order valence-corrected chi connectivity index (χ1v) is 19.7. The van der Waals surface area contributed by atoms with Crippen LogP contribution in [0, 0.1) is 0 Å². The highest BCUT2D eigenvalue weighted by Crippen LogP contribution is 2.39. The number of fused-ring (bicyclic) bond motifs is 1. The summed E-state index contributed by atoms with van der Waals surface area (Å²) in [6.45, 7) is 14.2. The molecule has 1 aromatic heterocycles. The highest BCUT2D eigenvalue weighted by atomic mass is 28.4. The van der Waals surface area contributed by atoms with Crippen LogP contribution in [-0.4, -0.2) is 59.4 Å². The number of para-hydroxylation sites is 1. The largest absolute Gasteiger partial charge is 0.467 e. The van der Waals surface area contributed by atoms with E-state index in [0.717, 1.165) is 52.6 Å². The van der Waals surface area contributed by atoms with E-state index in [9.17, 15) is 4.79 Å². The third-order valence-electron chi connectivity index (χ3n) is 9.08. The lowest BCUT2D eigenvalue weighted by molar-refractivity contribution is 0.0286. The first-order chi connectivity index (χ1) is 23.0. The van der Waals surface area contributed by atoms with Crippen LogP contribution in [0.25, 0.3) is 10.9 Å². The Labute approximate surface area is 287 Å². The lowest BCUT2D eigenvalue weighted by Gasteiger charge is -2.39. The summed E-state index contributed by atoms with van der Waals surface area (Å²) in [7, 11) is 1.03. The number of esters is 1. The molecule has 0 radical (unpaired) electrons. The number of hydrogen-bond acceptors (Lipinski definition) is 7. The van der Waals surface area contributed by atoms with Gasteiger partial charge in [0.15, 0.2) is 21.9 Å². The zero-order valence-corrected chi connectivity index (χ0v) is 31.0. The predicted molar refractivity (Wildman–Crippen MR) is 194 cm³/mol. The van der Waals surface area contributed by atoms with Gasteiger partial charge in [0.1, 0.15) is 18.1 Å². The number of ether oxygens (including phenoxy) is 5. The summed E-state index contributed by atoms with van der Waals surface area (Å²) in [4.78, 5) is 13.0. The SMILES string of the molecule is CCCCc1ccc(OCOC)c(Cn2cc(C[C@@H](COC(=O)c3ccccc3)O[Si](C)(C)C(C)(C)C)c3ccccc32)c1OCOC. The van der Waals surface area contributed by atoms with Gasteiger partial charge in [0.25, 0.3) is 0 Å². The number of carbonyl (C=O) groups is 1. The van der Waals surface area contributed by atoms with Crippen molar-refractivity contribution in [2.75, 3.05) is 34.4 Å². The maximum Gasteiger partial charge on any atom is 0.338 e. The number of benzene rings is 3. The summed E-state index contributed by atoms with van der Waals surface area (Å²) in [6.07, 6.45) is 5.45. The molecule has 0 amide bonds. The first kappa shape index (κ1) is 37.2. The quantitative estimate of drug-likeness (QED) is 0.0593. The fourth-order valence-electron chi connectivity index (χ4n) is 5.51. The van der Waals surface area contributed by atoms with Crippen molar-refractivity contribution >= 4 is 25.2 Å². The topological polar surface area (TPSA) is 77.4 Å². The molecular formula is C39H53NO7Si. The number of methoxy groups -OCH3 is 2. The smallest absolute Gasteiger partial charge is 0.338 e. The minimum absolute atomic E-state index is 0.0112. The third-order valence-corrected chi connectivity index (χ3v) is 13.6. The van der Waals surface area contributed by atoms with Crippen LogP contribution in [0.2, 0.25) is 18.1 Å². The molecule has 0 aliphatic rings. The number of carbonyl (C=O) groups excluding carboxylic acids is 1. The molecule has 4 aromatic rings. The average Bonchev–Trinajstić information content (AvgIpc) is 3.41. The Morgan fingerprint density at radius 1 is 0.875 bits per heavy atom. The molecule has 260 valence electrons. The molecule has 3 aromatic carbocycles. The van der Waals surface area contributed by atoms with Gasteiger partial charge in [0.05, 0.1) is 23.8 Å². The molecule has 48 heavy (non-hydrogen) atoms. The van der Waals surface area contributed by atoms with Gasteiger partial charge in [-0.2, -0.15) is 0 Å². The van der Waals surface area contributed by atoms with Gasteiger partial charge in [-0.25, -0.2) is 4.79 Å². The number of aryl methyl sites for hydroxylation is 1. The third kappa shape index (κ3) is 9.50. The molecule has 0 saturated carbocycles. The second-order valence-corrected chi connectivity index (χ2v) is 18.5. The molecule has 1 heterocycles. The highest BCUT2D eigenvalue weighted by molar-refractivity contribution is 6.74. The Hall–Kier alpha value is -3.63. The van der Waals surface area contributed by atoms with Crippen LogP contribution in [0.1, 0.15) is 67.6 Å². The Kier molecular flexibility index (Phi) is 13.3. The van der Waals surface area contributed by atoms with Crippen molar-refractivity contribution in [2.45, 2.75) is 84.2 Å². The second kappa shape index (κ2) is 17.2. The molecular weight excluding hydrogens is 623 g/mol. The maximum absolute atomic E-state index is 13.0. The number of aromatic nitrogens is 1. The standard InChI is InChI=1S/C39H53NO7Si/c1-9-10-16-29-21-22-36(45-27-42-5)34(37(29)46-28-43-6)25-40-24-31(33-19-14-15-20-35(33)40)23-32(47-48(7,8)39(2,3)4)26-44-38(41)30-17-12-11-13-18-30/h11-15,17-22,24,32H,9-10,16,23,25-28H2,1-8H3/t32-/m0/s1. The van der Waals surface area contributed by atoms with Gasteiger partial charge in [-0.15, -0.1) is 0 Å². The summed E-state index contributed by atoms with van der Waals surface area (Å²) >= 11 is 0. The van der Waals surface area contributed by atoms with Crippen molar-refractivity contribution in [1.82, 2.24) is 4.57 Å². The Morgan fingerprint density at radius 3 is 2.25 bits per heavy atom. The lowest BCUT2D eigenvalue weighted by atomic mass is 10.0. The molecule has 8 nitrogen and oxygen atoms in total. The van der Waals surface area contributed by atoms with E-state index in [1.54, 1.807) is 26.4 Å². The number of unbranched alkanes of at least 4 members (excludes halogenated alkanes) is 1. The Bertz CT molecular complexity index is 1610. The van der Waals surface area contributed by atoms with E-state index in [4.69, 9.17) is 28.1 Å². The van der Waals surface area contributed by atoms with Crippen molar-refractivity contribution in [3.05, 3.63) is 95.2 Å². The zero-order chi connectivity index (χ0) is 34.7. The minimum atomic E-state index is -2.21. The predicted octanol–water partition coefficient (Wildman–Crippen LogP) is 8.79. The van der Waals surface area contributed by atoms with E-state index >= 15 is 0 Å². The van der Waals surface area contributed by atoms with Gasteiger partial charge in [0, 0.05) is 37.7 Å². The van der Waals surface area contributed by atoms with E-state index in [1.807, 2.05) is 24.3 Å².